The largest absolute Gasteiger partial charge is 0.401 e. The Kier molecular flexibility index (Phi) is 2.24. The van der Waals surface area contributed by atoms with Gasteiger partial charge in [-0.2, -0.15) is 5.26 Å². The van der Waals surface area contributed by atoms with Crippen LogP contribution in [0.5, 0.6) is 0 Å². The van der Waals surface area contributed by atoms with Crippen molar-refractivity contribution in [1.29, 1.82) is 5.26 Å². The summed E-state index contributed by atoms with van der Waals surface area (Å²) in [7, 11) is 0. The smallest absolute Gasteiger partial charge is 0.0965 e. The van der Waals surface area contributed by atoms with Crippen LogP contribution in [0.1, 0.15) is 25.3 Å². The Balaban J connectivity index is 2.47. The fourth-order valence-electron chi connectivity index (χ4n) is 2.20. The van der Waals surface area contributed by atoms with Crippen molar-refractivity contribution < 1.29 is 0 Å². The van der Waals surface area contributed by atoms with Gasteiger partial charge in [0.1, 0.15) is 0 Å². The lowest BCUT2D eigenvalue weighted by molar-refractivity contribution is 0.545. The maximum Gasteiger partial charge on any atom is 0.0965 e. The van der Waals surface area contributed by atoms with Gasteiger partial charge in [0, 0.05) is 16.7 Å². The number of allylic oxidation sites excluding steroid dienone is 2. The minimum absolute atomic E-state index is 0.147. The van der Waals surface area contributed by atoms with Crippen LogP contribution in [0.4, 0.5) is 0 Å². The van der Waals surface area contributed by atoms with Crippen molar-refractivity contribution in [1.82, 2.24) is 0 Å². The molecule has 2 N–H and O–H groups in total. The lowest BCUT2D eigenvalue weighted by Gasteiger charge is -2.26. The van der Waals surface area contributed by atoms with E-state index in [4.69, 9.17) is 11.0 Å². The monoisotopic (exact) mass is 198 g/mol. The van der Waals surface area contributed by atoms with Crippen LogP contribution in [0.2, 0.25) is 0 Å². The summed E-state index contributed by atoms with van der Waals surface area (Å²) in [5.74, 6) is 0. The van der Waals surface area contributed by atoms with Gasteiger partial charge in [0.15, 0.2) is 0 Å². The summed E-state index contributed by atoms with van der Waals surface area (Å²) in [4.78, 5) is 0. The first-order chi connectivity index (χ1) is 7.18. The van der Waals surface area contributed by atoms with Crippen molar-refractivity contribution in [2.75, 3.05) is 0 Å². The summed E-state index contributed by atoms with van der Waals surface area (Å²) in [5, 5.41) is 8.93. The van der Waals surface area contributed by atoms with E-state index in [1.54, 1.807) is 0 Å². The van der Waals surface area contributed by atoms with Crippen LogP contribution in [-0.4, -0.2) is 0 Å². The number of nitrogens with zero attached hydrogens (tertiary/aromatic N) is 1. The van der Waals surface area contributed by atoms with Crippen LogP contribution < -0.4 is 5.73 Å². The molecule has 0 aliphatic heterocycles. The van der Waals surface area contributed by atoms with Crippen molar-refractivity contribution in [3.63, 3.8) is 0 Å². The van der Waals surface area contributed by atoms with Gasteiger partial charge in [-0.15, -0.1) is 0 Å². The molecule has 0 radical (unpaired) electrons. The van der Waals surface area contributed by atoms with Crippen LogP contribution >= 0.6 is 0 Å². The van der Waals surface area contributed by atoms with Gasteiger partial charge in [-0.05, 0) is 25.3 Å². The number of nitriles is 1. The van der Waals surface area contributed by atoms with Gasteiger partial charge in [0.05, 0.1) is 6.07 Å². The minimum Gasteiger partial charge on any atom is -0.401 e. The molecule has 0 aromatic heterocycles. The summed E-state index contributed by atoms with van der Waals surface area (Å²) in [6, 6.07) is 12.4. The normalized spacial score (nSPS) is 25.3. The van der Waals surface area contributed by atoms with Gasteiger partial charge in [0.25, 0.3) is 0 Å². The fraction of sp³-hybridized carbons (Fsp3) is 0.308. The molecule has 76 valence electrons. The van der Waals surface area contributed by atoms with E-state index in [2.05, 4.69) is 25.1 Å². The van der Waals surface area contributed by atoms with Gasteiger partial charge in [-0.1, -0.05) is 30.3 Å². The number of nitrogens with two attached hydrogens (primary N) is 1. The average molecular weight is 198 g/mol. The summed E-state index contributed by atoms with van der Waals surface area (Å²) < 4.78 is 0. The Morgan fingerprint density at radius 1 is 1.33 bits per heavy atom. The molecule has 0 heterocycles. The van der Waals surface area contributed by atoms with Crippen molar-refractivity contribution in [3.05, 3.63) is 47.2 Å². The molecule has 0 spiro atoms. The van der Waals surface area contributed by atoms with Crippen LogP contribution in [0, 0.1) is 11.3 Å². The van der Waals surface area contributed by atoms with E-state index in [-0.39, 0.29) is 5.41 Å². The van der Waals surface area contributed by atoms with Gasteiger partial charge in [-0.25, -0.2) is 0 Å². The molecule has 0 fully saturated rings. The predicted octanol–water partition coefficient (Wildman–Crippen LogP) is 2.47. The van der Waals surface area contributed by atoms with Gasteiger partial charge in [-0.3, -0.25) is 0 Å². The molecular weight excluding hydrogens is 184 g/mol. The van der Waals surface area contributed by atoms with Gasteiger partial charge < -0.3 is 5.73 Å². The zero-order valence-corrected chi connectivity index (χ0v) is 8.83. The third kappa shape index (κ3) is 1.41. The fourth-order valence-corrected chi connectivity index (χ4v) is 2.20. The van der Waals surface area contributed by atoms with Crippen LogP contribution in [0.3, 0.4) is 0 Å². The third-order valence-electron chi connectivity index (χ3n) is 3.34. The summed E-state index contributed by atoms with van der Waals surface area (Å²) in [6.07, 6.45) is 1.74. The molecule has 1 aromatic rings. The zero-order valence-electron chi connectivity index (χ0n) is 8.83. The van der Waals surface area contributed by atoms with E-state index >= 15 is 0 Å². The highest BCUT2D eigenvalue weighted by Crippen LogP contribution is 2.42. The molecule has 2 rings (SSSR count). The SMILES string of the molecule is CC1(c2ccccc2)CCC(C#N)=C1N. The average Bonchev–Trinajstić information content (AvgIpc) is 2.58. The van der Waals surface area contributed by atoms with Crippen LogP contribution in [0.15, 0.2) is 41.6 Å². The first kappa shape index (κ1) is 9.79. The van der Waals surface area contributed by atoms with E-state index in [1.807, 2.05) is 18.2 Å². The van der Waals surface area contributed by atoms with Crippen molar-refractivity contribution in [2.45, 2.75) is 25.2 Å². The molecule has 0 amide bonds. The van der Waals surface area contributed by atoms with Crippen molar-refractivity contribution in [2.24, 2.45) is 5.73 Å². The first-order valence-electron chi connectivity index (χ1n) is 5.13. The summed E-state index contributed by atoms with van der Waals surface area (Å²) in [6.45, 7) is 2.11. The topological polar surface area (TPSA) is 49.8 Å². The highest BCUT2D eigenvalue weighted by molar-refractivity contribution is 5.44. The summed E-state index contributed by atoms with van der Waals surface area (Å²) in [5.41, 5.74) is 8.61. The molecule has 1 aromatic carbocycles. The van der Waals surface area contributed by atoms with Gasteiger partial charge in [0.2, 0.25) is 0 Å². The van der Waals surface area contributed by atoms with E-state index in [0.717, 1.165) is 24.1 Å². The lowest BCUT2D eigenvalue weighted by atomic mass is 9.80. The second kappa shape index (κ2) is 3.43. The van der Waals surface area contributed by atoms with E-state index in [1.165, 1.54) is 5.56 Å². The number of rotatable bonds is 1. The Morgan fingerprint density at radius 2 is 2.00 bits per heavy atom. The Labute approximate surface area is 90.0 Å². The summed E-state index contributed by atoms with van der Waals surface area (Å²) >= 11 is 0. The molecular formula is C13H14N2. The minimum atomic E-state index is -0.147. The predicted molar refractivity (Wildman–Crippen MR) is 59.9 cm³/mol. The first-order valence-corrected chi connectivity index (χ1v) is 5.13. The van der Waals surface area contributed by atoms with E-state index in [9.17, 15) is 0 Å². The number of hydrogen-bond acceptors (Lipinski definition) is 2. The molecule has 0 saturated heterocycles. The highest BCUT2D eigenvalue weighted by atomic mass is 14.7. The number of benzene rings is 1. The molecule has 15 heavy (non-hydrogen) atoms. The standard InChI is InChI=1S/C13H14N2/c1-13(11-5-3-2-4-6-11)8-7-10(9-14)12(13)15/h2-6H,7-8,15H2,1H3. The number of hydrogen-bond donors (Lipinski definition) is 1. The maximum atomic E-state index is 8.93. The van der Waals surface area contributed by atoms with Crippen molar-refractivity contribution >= 4 is 0 Å². The zero-order chi connectivity index (χ0) is 10.9. The van der Waals surface area contributed by atoms with Crippen molar-refractivity contribution in [3.8, 4) is 6.07 Å². The molecule has 2 heteroatoms. The quantitative estimate of drug-likeness (QED) is 0.753. The Bertz CT molecular complexity index is 439. The molecule has 1 aliphatic carbocycles. The molecule has 1 aliphatic rings. The second-order valence-electron chi connectivity index (χ2n) is 4.20. The van der Waals surface area contributed by atoms with Gasteiger partial charge >= 0.3 is 0 Å². The molecule has 1 atom stereocenters. The second-order valence-corrected chi connectivity index (χ2v) is 4.20. The van der Waals surface area contributed by atoms with Crippen LogP contribution in [-0.2, 0) is 5.41 Å². The molecule has 0 saturated carbocycles. The Morgan fingerprint density at radius 3 is 2.53 bits per heavy atom. The lowest BCUT2D eigenvalue weighted by Crippen LogP contribution is -2.26. The molecule has 0 bridgehead atoms. The third-order valence-corrected chi connectivity index (χ3v) is 3.34. The Hall–Kier alpha value is -1.75. The molecule has 1 unspecified atom stereocenters. The highest BCUT2D eigenvalue weighted by Gasteiger charge is 2.36. The maximum absolute atomic E-state index is 8.93. The molecule has 2 nitrogen and oxygen atoms in total. The van der Waals surface area contributed by atoms with E-state index in [0.29, 0.717) is 0 Å². The van der Waals surface area contributed by atoms with Crippen LogP contribution in [0.25, 0.3) is 0 Å². The van der Waals surface area contributed by atoms with E-state index < -0.39 is 0 Å².